The molecule has 0 saturated carbocycles. The number of hydrogen-bond acceptors (Lipinski definition) is 4. The Balaban J connectivity index is 1.02. The van der Waals surface area contributed by atoms with Gasteiger partial charge in [0.05, 0.1) is 11.4 Å². The van der Waals surface area contributed by atoms with Crippen molar-refractivity contribution in [1.82, 2.24) is 0 Å². The molecule has 0 aliphatic rings. The second-order valence-electron chi connectivity index (χ2n) is 16.8. The highest BCUT2D eigenvalue weighted by Gasteiger charge is 2.23. The first-order valence-corrected chi connectivity index (χ1v) is 22.4. The van der Waals surface area contributed by atoms with Gasteiger partial charge in [-0.2, -0.15) is 0 Å². The fourth-order valence-electron chi connectivity index (χ4n) is 10.1. The molecule has 13 aromatic rings. The van der Waals surface area contributed by atoms with Crippen LogP contribution in [0.3, 0.4) is 0 Å². The SMILES string of the molecule is c1ccc(-c2ccccc2N(c2ccccc2)c2ccc3c(c2)oc2c4ccc(N(c5ccc6c(c5)oc5ccccc56)c5ccccc5-c5ccccc5)cc4c4ccccc4c32)cc1. The van der Waals surface area contributed by atoms with Crippen LogP contribution in [-0.4, -0.2) is 0 Å². The van der Waals surface area contributed by atoms with Crippen molar-refractivity contribution in [2.24, 2.45) is 0 Å². The van der Waals surface area contributed by atoms with Crippen LogP contribution < -0.4 is 9.80 Å². The Morgan fingerprint density at radius 1 is 0.258 bits per heavy atom. The molecule has 0 bridgehead atoms. The highest BCUT2D eigenvalue weighted by Crippen LogP contribution is 2.48. The molecule has 66 heavy (non-hydrogen) atoms. The van der Waals surface area contributed by atoms with E-state index in [0.717, 1.165) is 116 Å². The van der Waals surface area contributed by atoms with Gasteiger partial charge in [-0.25, -0.2) is 0 Å². The summed E-state index contributed by atoms with van der Waals surface area (Å²) in [6.45, 7) is 0. The van der Waals surface area contributed by atoms with Crippen LogP contribution in [0.25, 0.3) is 87.7 Å². The van der Waals surface area contributed by atoms with Gasteiger partial charge in [0.25, 0.3) is 0 Å². The van der Waals surface area contributed by atoms with Gasteiger partial charge in [-0.15, -0.1) is 0 Å². The summed E-state index contributed by atoms with van der Waals surface area (Å²) in [6.07, 6.45) is 0. The predicted octanol–water partition coefficient (Wildman–Crippen LogP) is 18.1. The van der Waals surface area contributed by atoms with Crippen molar-refractivity contribution < 1.29 is 8.83 Å². The van der Waals surface area contributed by atoms with Gasteiger partial charge in [-0.1, -0.05) is 158 Å². The van der Waals surface area contributed by atoms with E-state index in [1.807, 2.05) is 12.1 Å². The van der Waals surface area contributed by atoms with Crippen molar-refractivity contribution in [3.05, 3.63) is 243 Å². The molecular formula is C62H40N2O2. The van der Waals surface area contributed by atoms with Crippen LogP contribution in [0.4, 0.5) is 34.1 Å². The number of hydrogen-bond donors (Lipinski definition) is 0. The number of nitrogens with zero attached hydrogens (tertiary/aromatic N) is 2. The minimum Gasteiger partial charge on any atom is -0.456 e. The molecule has 4 nitrogen and oxygen atoms in total. The third-order valence-electron chi connectivity index (χ3n) is 13.0. The Morgan fingerprint density at radius 3 is 1.36 bits per heavy atom. The number of furan rings is 2. The quantitative estimate of drug-likeness (QED) is 0.143. The first-order chi connectivity index (χ1) is 32.7. The Bertz CT molecular complexity index is 3950. The van der Waals surface area contributed by atoms with E-state index in [0.29, 0.717) is 0 Å². The number of para-hydroxylation sites is 4. The van der Waals surface area contributed by atoms with Gasteiger partial charge in [0, 0.05) is 72.9 Å². The van der Waals surface area contributed by atoms with Gasteiger partial charge in [0.1, 0.15) is 22.3 Å². The Labute approximate surface area is 381 Å². The maximum absolute atomic E-state index is 7.12. The molecule has 13 rings (SSSR count). The van der Waals surface area contributed by atoms with Gasteiger partial charge >= 0.3 is 0 Å². The second-order valence-corrected chi connectivity index (χ2v) is 16.8. The van der Waals surface area contributed by atoms with Crippen molar-refractivity contribution in [3.63, 3.8) is 0 Å². The van der Waals surface area contributed by atoms with Crippen molar-refractivity contribution >= 4 is 99.5 Å². The summed E-state index contributed by atoms with van der Waals surface area (Å²) in [5.74, 6) is 0. The third kappa shape index (κ3) is 6.15. The maximum Gasteiger partial charge on any atom is 0.143 e. The molecule has 0 unspecified atom stereocenters. The van der Waals surface area contributed by atoms with Crippen LogP contribution in [-0.2, 0) is 0 Å². The summed E-state index contributed by atoms with van der Waals surface area (Å²) in [5.41, 5.74) is 14.3. The summed E-state index contributed by atoms with van der Waals surface area (Å²) in [7, 11) is 0. The van der Waals surface area contributed by atoms with Crippen molar-refractivity contribution in [2.75, 3.05) is 9.80 Å². The van der Waals surface area contributed by atoms with Crippen LogP contribution in [0.5, 0.6) is 0 Å². The lowest BCUT2D eigenvalue weighted by atomic mass is 9.95. The van der Waals surface area contributed by atoms with Gasteiger partial charge in [-0.3, -0.25) is 0 Å². The molecule has 0 saturated heterocycles. The molecule has 11 aromatic carbocycles. The summed E-state index contributed by atoms with van der Waals surface area (Å²) in [6, 6.07) is 86.2. The van der Waals surface area contributed by atoms with Crippen LogP contribution in [0.15, 0.2) is 251 Å². The van der Waals surface area contributed by atoms with Gasteiger partial charge in [-0.05, 0) is 100 Å². The molecular weight excluding hydrogens is 805 g/mol. The molecule has 0 radical (unpaired) electrons. The van der Waals surface area contributed by atoms with E-state index in [4.69, 9.17) is 8.83 Å². The molecule has 0 amide bonds. The Hall–Kier alpha value is -8.86. The van der Waals surface area contributed by atoms with Crippen LogP contribution >= 0.6 is 0 Å². The second kappa shape index (κ2) is 15.4. The standard InChI is InChI=1S/C62H40N2O2/c1-4-18-41(19-5-1)47-24-12-15-29-56(47)63(43-22-8-3-9-23-43)45-34-37-54-60(40-45)66-62-53-36-33-44(38-55(53)49-26-10-11-28-52(49)61(54)62)64(57-30-16-13-25-48(57)42-20-6-2-7-21-42)46-32-35-51-50-27-14-17-31-58(50)65-59(51)39-46/h1-40H. The number of benzene rings is 11. The summed E-state index contributed by atoms with van der Waals surface area (Å²) >= 11 is 0. The summed E-state index contributed by atoms with van der Waals surface area (Å²) in [5, 5.41) is 8.89. The molecule has 0 spiro atoms. The fraction of sp³-hybridized carbons (Fsp3) is 0. The maximum atomic E-state index is 7.12. The first kappa shape index (κ1) is 37.7. The zero-order chi connectivity index (χ0) is 43.6. The topological polar surface area (TPSA) is 32.8 Å². The predicted molar refractivity (Wildman–Crippen MR) is 276 cm³/mol. The molecule has 4 heteroatoms. The van der Waals surface area contributed by atoms with E-state index < -0.39 is 0 Å². The first-order valence-electron chi connectivity index (χ1n) is 22.4. The number of anilines is 6. The van der Waals surface area contributed by atoms with E-state index in [-0.39, 0.29) is 0 Å². The molecule has 310 valence electrons. The van der Waals surface area contributed by atoms with Gasteiger partial charge in [0.15, 0.2) is 0 Å². The lowest BCUT2D eigenvalue weighted by Gasteiger charge is -2.28. The number of rotatable bonds is 8. The van der Waals surface area contributed by atoms with E-state index >= 15 is 0 Å². The fourth-order valence-corrected chi connectivity index (χ4v) is 10.1. The van der Waals surface area contributed by atoms with E-state index in [1.54, 1.807) is 0 Å². The molecule has 0 atom stereocenters. The average molecular weight is 845 g/mol. The van der Waals surface area contributed by atoms with Gasteiger partial charge in [0.2, 0.25) is 0 Å². The Morgan fingerprint density at radius 2 is 0.712 bits per heavy atom. The van der Waals surface area contributed by atoms with Crippen molar-refractivity contribution in [2.45, 2.75) is 0 Å². The molecule has 2 aromatic heterocycles. The molecule has 0 aliphatic heterocycles. The van der Waals surface area contributed by atoms with E-state index in [2.05, 4.69) is 240 Å². The summed E-state index contributed by atoms with van der Waals surface area (Å²) in [4.78, 5) is 4.70. The highest BCUT2D eigenvalue weighted by atomic mass is 16.3. The number of fused-ring (bicyclic) bond motifs is 11. The van der Waals surface area contributed by atoms with E-state index in [9.17, 15) is 0 Å². The minimum absolute atomic E-state index is 0.833. The zero-order valence-electron chi connectivity index (χ0n) is 35.8. The van der Waals surface area contributed by atoms with E-state index in [1.165, 1.54) is 5.39 Å². The average Bonchev–Trinajstić information content (AvgIpc) is 3.96. The lowest BCUT2D eigenvalue weighted by molar-refractivity contribution is 0.669. The molecule has 0 fully saturated rings. The van der Waals surface area contributed by atoms with Crippen molar-refractivity contribution in [1.29, 1.82) is 0 Å². The normalized spacial score (nSPS) is 11.6. The van der Waals surface area contributed by atoms with Crippen molar-refractivity contribution in [3.8, 4) is 22.3 Å². The molecule has 0 aliphatic carbocycles. The van der Waals surface area contributed by atoms with Crippen LogP contribution in [0.1, 0.15) is 0 Å². The monoisotopic (exact) mass is 844 g/mol. The smallest absolute Gasteiger partial charge is 0.143 e. The van der Waals surface area contributed by atoms with Crippen LogP contribution in [0.2, 0.25) is 0 Å². The van der Waals surface area contributed by atoms with Gasteiger partial charge < -0.3 is 18.6 Å². The zero-order valence-corrected chi connectivity index (χ0v) is 35.8. The minimum atomic E-state index is 0.833. The molecule has 0 N–H and O–H groups in total. The van der Waals surface area contributed by atoms with Crippen LogP contribution in [0, 0.1) is 0 Å². The largest absolute Gasteiger partial charge is 0.456 e. The Kier molecular flexibility index (Phi) is 8.81. The lowest BCUT2D eigenvalue weighted by Crippen LogP contribution is -2.11. The third-order valence-corrected chi connectivity index (χ3v) is 13.0. The highest BCUT2D eigenvalue weighted by molar-refractivity contribution is 6.30. The summed E-state index contributed by atoms with van der Waals surface area (Å²) < 4.78 is 13.6. The molecule has 2 heterocycles.